The summed E-state index contributed by atoms with van der Waals surface area (Å²) < 4.78 is 42.7. The highest BCUT2D eigenvalue weighted by Crippen LogP contribution is 2.31. The van der Waals surface area contributed by atoms with E-state index >= 15 is 0 Å². The van der Waals surface area contributed by atoms with Crippen LogP contribution in [0.25, 0.3) is 0 Å². The highest BCUT2D eigenvalue weighted by Gasteiger charge is 2.37. The minimum Gasteiger partial charge on any atom is -0.496 e. The molecule has 0 saturated heterocycles. The van der Waals surface area contributed by atoms with Crippen LogP contribution in [0.5, 0.6) is 5.75 Å². The molecule has 1 aromatic carbocycles. The maximum absolute atomic E-state index is 12.8. The number of benzene rings is 1. The molecule has 0 bridgehead atoms. The number of alkyl halides is 3. The maximum Gasteiger partial charge on any atom is 0.363 e. The molecule has 0 aliphatic carbocycles. The average Bonchev–Trinajstić information content (AvgIpc) is 2.15. The molecular formula is C9H6BrF3O2. The molecule has 2 nitrogen and oxygen atoms in total. The van der Waals surface area contributed by atoms with Crippen molar-refractivity contribution in [3.8, 4) is 5.75 Å². The minimum absolute atomic E-state index is 0.0967. The van der Waals surface area contributed by atoms with Gasteiger partial charge in [0.25, 0.3) is 0 Å². The average molecular weight is 283 g/mol. The molecule has 0 aromatic heterocycles. The number of hydrogen-bond donors (Lipinski definition) is 0. The second-order valence-electron chi connectivity index (χ2n) is 2.67. The standard InChI is InChI=1S/C9H6BrF3O2/c1-15-7-3-2-5(11)4-6(7)8(14)9(10,12)13/h2-4H,1H3. The van der Waals surface area contributed by atoms with Gasteiger partial charge in [-0.1, -0.05) is 0 Å². The topological polar surface area (TPSA) is 26.3 Å². The lowest BCUT2D eigenvalue weighted by Crippen LogP contribution is -2.21. The number of rotatable bonds is 3. The number of Topliss-reactive ketones (excluding diaryl/α,β-unsaturated/α-hetero) is 1. The first-order valence-electron chi connectivity index (χ1n) is 3.81. The van der Waals surface area contributed by atoms with E-state index in [2.05, 4.69) is 4.74 Å². The number of halogens is 4. The van der Waals surface area contributed by atoms with Crippen LogP contribution in [0.3, 0.4) is 0 Å². The van der Waals surface area contributed by atoms with E-state index < -0.39 is 22.0 Å². The summed E-state index contributed by atoms with van der Waals surface area (Å²) in [6, 6.07) is 2.83. The fourth-order valence-corrected chi connectivity index (χ4v) is 1.22. The molecule has 15 heavy (non-hydrogen) atoms. The normalized spacial score (nSPS) is 11.3. The van der Waals surface area contributed by atoms with Crippen molar-refractivity contribution < 1.29 is 22.7 Å². The SMILES string of the molecule is COc1ccc(F)cc1C(=O)C(F)(F)Br. The molecule has 0 saturated carbocycles. The molecule has 1 rings (SSSR count). The molecule has 0 fully saturated rings. The van der Waals surface area contributed by atoms with Gasteiger partial charge in [-0.2, -0.15) is 8.78 Å². The molecule has 0 aliphatic rings. The zero-order chi connectivity index (χ0) is 11.6. The van der Waals surface area contributed by atoms with Gasteiger partial charge in [-0.05, 0) is 34.1 Å². The Balaban J connectivity index is 3.23. The second kappa shape index (κ2) is 4.22. The van der Waals surface area contributed by atoms with Gasteiger partial charge in [-0.15, -0.1) is 0 Å². The molecule has 0 radical (unpaired) electrons. The van der Waals surface area contributed by atoms with Crippen LogP contribution in [0.1, 0.15) is 10.4 Å². The third kappa shape index (κ3) is 2.71. The third-order valence-corrected chi connectivity index (χ3v) is 2.02. The van der Waals surface area contributed by atoms with Crippen molar-refractivity contribution in [3.63, 3.8) is 0 Å². The summed E-state index contributed by atoms with van der Waals surface area (Å²) in [5.41, 5.74) is -0.501. The van der Waals surface area contributed by atoms with Crippen LogP contribution in [-0.2, 0) is 0 Å². The van der Waals surface area contributed by atoms with Gasteiger partial charge in [0.1, 0.15) is 11.6 Å². The van der Waals surface area contributed by atoms with E-state index in [4.69, 9.17) is 0 Å². The Kier molecular flexibility index (Phi) is 3.38. The molecule has 6 heteroatoms. The van der Waals surface area contributed by atoms with E-state index in [1.54, 1.807) is 0 Å². The summed E-state index contributed by atoms with van der Waals surface area (Å²) in [6.07, 6.45) is 0. The zero-order valence-corrected chi connectivity index (χ0v) is 9.15. The Morgan fingerprint density at radius 2 is 2.07 bits per heavy atom. The van der Waals surface area contributed by atoms with Crippen LogP contribution >= 0.6 is 15.9 Å². The third-order valence-electron chi connectivity index (χ3n) is 1.66. The van der Waals surface area contributed by atoms with Gasteiger partial charge in [0.15, 0.2) is 0 Å². The number of hydrogen-bond acceptors (Lipinski definition) is 2. The van der Waals surface area contributed by atoms with Gasteiger partial charge in [-0.25, -0.2) is 4.39 Å². The fourth-order valence-electron chi connectivity index (χ4n) is 1.01. The number of carbonyl (C=O) groups excluding carboxylic acids is 1. The first-order valence-corrected chi connectivity index (χ1v) is 4.60. The van der Waals surface area contributed by atoms with Gasteiger partial charge in [0, 0.05) is 0 Å². The van der Waals surface area contributed by atoms with E-state index in [0.717, 1.165) is 12.1 Å². The molecule has 1 aromatic rings. The summed E-state index contributed by atoms with van der Waals surface area (Å²) in [6.45, 7) is 0. The van der Waals surface area contributed by atoms with Crippen molar-refractivity contribution in [2.45, 2.75) is 4.83 Å². The molecule has 0 N–H and O–H groups in total. The smallest absolute Gasteiger partial charge is 0.363 e. The Hall–Kier alpha value is -1.04. The Morgan fingerprint density at radius 1 is 1.47 bits per heavy atom. The van der Waals surface area contributed by atoms with Gasteiger partial charge in [0.05, 0.1) is 12.7 Å². The summed E-state index contributed by atoms with van der Waals surface area (Å²) >= 11 is 1.91. The molecule has 0 amide bonds. The highest BCUT2D eigenvalue weighted by molar-refractivity contribution is 9.10. The first-order chi connectivity index (χ1) is 6.86. The van der Waals surface area contributed by atoms with Crippen LogP contribution in [-0.4, -0.2) is 17.7 Å². The summed E-state index contributed by atoms with van der Waals surface area (Å²) in [4.78, 5) is 7.43. The van der Waals surface area contributed by atoms with Crippen LogP contribution in [0, 0.1) is 5.82 Å². The fraction of sp³-hybridized carbons (Fsp3) is 0.222. The number of ketones is 1. The van der Waals surface area contributed by atoms with E-state index in [0.29, 0.717) is 6.07 Å². The lowest BCUT2D eigenvalue weighted by Gasteiger charge is -2.10. The lowest BCUT2D eigenvalue weighted by molar-refractivity contribution is 0.0589. The van der Waals surface area contributed by atoms with Gasteiger partial charge in [0.2, 0.25) is 5.78 Å². The number of ether oxygens (including phenoxy) is 1. The van der Waals surface area contributed by atoms with Crippen LogP contribution in [0.15, 0.2) is 18.2 Å². The van der Waals surface area contributed by atoms with E-state index in [1.807, 2.05) is 15.9 Å². The molecule has 0 atom stereocenters. The van der Waals surface area contributed by atoms with Crippen molar-refractivity contribution in [2.75, 3.05) is 7.11 Å². The monoisotopic (exact) mass is 282 g/mol. The summed E-state index contributed by atoms with van der Waals surface area (Å²) in [5, 5.41) is 0. The quantitative estimate of drug-likeness (QED) is 0.629. The zero-order valence-electron chi connectivity index (χ0n) is 7.56. The van der Waals surface area contributed by atoms with Gasteiger partial charge >= 0.3 is 4.83 Å². The van der Waals surface area contributed by atoms with Crippen molar-refractivity contribution in [1.29, 1.82) is 0 Å². The summed E-state index contributed by atoms with van der Waals surface area (Å²) in [7, 11) is 1.20. The van der Waals surface area contributed by atoms with Crippen molar-refractivity contribution in [2.24, 2.45) is 0 Å². The molecule has 82 valence electrons. The molecule has 0 heterocycles. The van der Waals surface area contributed by atoms with Crippen LogP contribution in [0.2, 0.25) is 0 Å². The van der Waals surface area contributed by atoms with Crippen molar-refractivity contribution in [1.82, 2.24) is 0 Å². The Morgan fingerprint density at radius 3 is 2.53 bits per heavy atom. The molecule has 0 aliphatic heterocycles. The van der Waals surface area contributed by atoms with Gasteiger partial charge in [-0.3, -0.25) is 4.79 Å². The highest BCUT2D eigenvalue weighted by atomic mass is 79.9. The van der Waals surface area contributed by atoms with Crippen molar-refractivity contribution in [3.05, 3.63) is 29.6 Å². The predicted octanol–water partition coefficient (Wildman–Crippen LogP) is 3.00. The Labute approximate surface area is 92.2 Å². The van der Waals surface area contributed by atoms with Gasteiger partial charge < -0.3 is 4.74 Å². The number of carbonyl (C=O) groups is 1. The first kappa shape index (κ1) is 12.0. The van der Waals surface area contributed by atoms with E-state index in [-0.39, 0.29) is 5.75 Å². The lowest BCUT2D eigenvalue weighted by atomic mass is 10.1. The molecule has 0 spiro atoms. The summed E-state index contributed by atoms with van der Waals surface area (Å²) in [5.74, 6) is -2.42. The molecular weight excluding hydrogens is 277 g/mol. The number of methoxy groups -OCH3 is 1. The predicted molar refractivity (Wildman–Crippen MR) is 51.2 cm³/mol. The second-order valence-corrected chi connectivity index (χ2v) is 3.67. The minimum atomic E-state index is -3.73. The maximum atomic E-state index is 12.8. The Bertz CT molecular complexity index is 387. The van der Waals surface area contributed by atoms with E-state index in [9.17, 15) is 18.0 Å². The van der Waals surface area contributed by atoms with Crippen molar-refractivity contribution >= 4 is 21.7 Å². The van der Waals surface area contributed by atoms with Crippen LogP contribution in [0.4, 0.5) is 13.2 Å². The van der Waals surface area contributed by atoms with E-state index in [1.165, 1.54) is 7.11 Å². The largest absolute Gasteiger partial charge is 0.496 e. The van der Waals surface area contributed by atoms with Crippen LogP contribution < -0.4 is 4.74 Å². The molecule has 0 unspecified atom stereocenters.